The highest BCUT2D eigenvalue weighted by Gasteiger charge is 2.29. The Balaban J connectivity index is 2.22. The number of hydrogen-bond donors (Lipinski definition) is 0. The molecule has 0 unspecified atom stereocenters. The Bertz CT molecular complexity index is 532. The quantitative estimate of drug-likeness (QED) is 0.745. The van der Waals surface area contributed by atoms with Crippen molar-refractivity contribution in [2.45, 2.75) is 18.1 Å². The van der Waals surface area contributed by atoms with Crippen LogP contribution in [-0.2, 0) is 6.18 Å². The first-order valence-corrected chi connectivity index (χ1v) is 6.75. The van der Waals surface area contributed by atoms with Crippen LogP contribution in [0.2, 0.25) is 0 Å². The second-order valence-corrected chi connectivity index (χ2v) is 5.18. The van der Waals surface area contributed by atoms with Crippen molar-refractivity contribution in [2.75, 3.05) is 5.75 Å². The molecule has 1 heterocycles. The van der Waals surface area contributed by atoms with Crippen molar-refractivity contribution in [3.8, 4) is 11.1 Å². The summed E-state index contributed by atoms with van der Waals surface area (Å²) >= 11 is 1.63. The first kappa shape index (κ1) is 13.9. The van der Waals surface area contributed by atoms with Crippen molar-refractivity contribution < 1.29 is 13.2 Å². The number of alkyl halides is 3. The Morgan fingerprint density at radius 1 is 1.00 bits per heavy atom. The number of rotatable bonds is 3. The van der Waals surface area contributed by atoms with Gasteiger partial charge in [0.25, 0.3) is 0 Å². The summed E-state index contributed by atoms with van der Waals surface area (Å²) in [6.07, 6.45) is -2.61. The van der Waals surface area contributed by atoms with Crippen LogP contribution in [0.15, 0.2) is 47.6 Å². The average Bonchev–Trinajstić information content (AvgIpc) is 2.39. The molecule has 19 heavy (non-hydrogen) atoms. The van der Waals surface area contributed by atoms with Crippen LogP contribution in [0.4, 0.5) is 13.2 Å². The van der Waals surface area contributed by atoms with Gasteiger partial charge >= 0.3 is 6.18 Å². The van der Waals surface area contributed by atoms with Crippen LogP contribution < -0.4 is 0 Å². The average molecular weight is 283 g/mol. The van der Waals surface area contributed by atoms with E-state index in [1.54, 1.807) is 18.0 Å². The van der Waals surface area contributed by atoms with Gasteiger partial charge in [0.15, 0.2) is 0 Å². The molecular formula is C14H12F3NS. The van der Waals surface area contributed by atoms with E-state index in [2.05, 4.69) is 4.98 Å². The van der Waals surface area contributed by atoms with Gasteiger partial charge in [-0.25, -0.2) is 4.98 Å². The molecule has 0 atom stereocenters. The van der Waals surface area contributed by atoms with Gasteiger partial charge in [0.05, 0.1) is 10.6 Å². The molecular weight excluding hydrogens is 271 g/mol. The molecule has 5 heteroatoms. The van der Waals surface area contributed by atoms with Gasteiger partial charge in [0, 0.05) is 11.8 Å². The lowest BCUT2D eigenvalue weighted by Crippen LogP contribution is -2.03. The normalized spacial score (nSPS) is 11.6. The van der Waals surface area contributed by atoms with Gasteiger partial charge in [-0.2, -0.15) is 13.2 Å². The van der Waals surface area contributed by atoms with E-state index in [0.717, 1.165) is 34.0 Å². The SMILES string of the molecule is CCSc1ccc(-c2ccc(C(F)(F)F)cc2)cn1. The predicted molar refractivity (Wildman–Crippen MR) is 71.1 cm³/mol. The molecule has 1 aromatic carbocycles. The van der Waals surface area contributed by atoms with E-state index in [-0.39, 0.29) is 0 Å². The number of aromatic nitrogens is 1. The molecule has 100 valence electrons. The van der Waals surface area contributed by atoms with E-state index in [1.807, 2.05) is 19.1 Å². The highest BCUT2D eigenvalue weighted by molar-refractivity contribution is 7.99. The Labute approximate surface area is 113 Å². The minimum Gasteiger partial charge on any atom is -0.249 e. The molecule has 0 bridgehead atoms. The molecule has 0 fully saturated rings. The van der Waals surface area contributed by atoms with Crippen LogP contribution in [0.1, 0.15) is 12.5 Å². The standard InChI is InChI=1S/C14H12F3NS/c1-2-19-13-8-5-11(9-18-13)10-3-6-12(7-4-10)14(15,16)17/h3-9H,2H2,1H3. The first-order chi connectivity index (χ1) is 9.00. The van der Waals surface area contributed by atoms with Crippen molar-refractivity contribution >= 4 is 11.8 Å². The summed E-state index contributed by atoms with van der Waals surface area (Å²) in [5.41, 5.74) is 0.907. The Hall–Kier alpha value is -1.49. The van der Waals surface area contributed by atoms with Crippen LogP contribution in [0.3, 0.4) is 0 Å². The smallest absolute Gasteiger partial charge is 0.249 e. The molecule has 2 rings (SSSR count). The topological polar surface area (TPSA) is 12.9 Å². The molecule has 0 saturated carbocycles. The number of thioether (sulfide) groups is 1. The van der Waals surface area contributed by atoms with Crippen molar-refractivity contribution in [1.82, 2.24) is 4.98 Å². The Morgan fingerprint density at radius 3 is 2.11 bits per heavy atom. The van der Waals surface area contributed by atoms with E-state index < -0.39 is 11.7 Å². The molecule has 1 aromatic heterocycles. The van der Waals surface area contributed by atoms with Crippen LogP contribution in [0.5, 0.6) is 0 Å². The van der Waals surface area contributed by atoms with Crippen LogP contribution >= 0.6 is 11.8 Å². The predicted octanol–water partition coefficient (Wildman–Crippen LogP) is 4.88. The lowest BCUT2D eigenvalue weighted by Gasteiger charge is -2.08. The molecule has 2 aromatic rings. The summed E-state index contributed by atoms with van der Waals surface area (Å²) in [7, 11) is 0. The van der Waals surface area contributed by atoms with Crippen LogP contribution in [0.25, 0.3) is 11.1 Å². The molecule has 1 nitrogen and oxygen atoms in total. The number of nitrogens with zero attached hydrogens (tertiary/aromatic N) is 1. The Kier molecular flexibility index (Phi) is 4.14. The van der Waals surface area contributed by atoms with Crippen LogP contribution in [0, 0.1) is 0 Å². The minimum absolute atomic E-state index is 0.637. The number of hydrogen-bond acceptors (Lipinski definition) is 2. The molecule has 0 radical (unpaired) electrons. The minimum atomic E-state index is -4.29. The fraction of sp³-hybridized carbons (Fsp3) is 0.214. The maximum Gasteiger partial charge on any atom is 0.416 e. The maximum absolute atomic E-state index is 12.4. The summed E-state index contributed by atoms with van der Waals surface area (Å²) in [4.78, 5) is 4.26. The number of benzene rings is 1. The molecule has 0 spiro atoms. The highest BCUT2D eigenvalue weighted by Crippen LogP contribution is 2.31. The highest BCUT2D eigenvalue weighted by atomic mass is 32.2. The molecule has 0 aliphatic heterocycles. The monoisotopic (exact) mass is 283 g/mol. The molecule has 0 amide bonds. The third-order valence-electron chi connectivity index (χ3n) is 2.57. The zero-order valence-corrected chi connectivity index (χ0v) is 11.1. The zero-order chi connectivity index (χ0) is 13.9. The molecule has 0 aliphatic rings. The lowest BCUT2D eigenvalue weighted by atomic mass is 10.1. The van der Waals surface area contributed by atoms with Crippen LogP contribution in [-0.4, -0.2) is 10.7 Å². The second kappa shape index (κ2) is 5.65. The summed E-state index contributed by atoms with van der Waals surface area (Å²) in [6, 6.07) is 8.85. The van der Waals surface area contributed by atoms with Gasteiger partial charge in [-0.15, -0.1) is 11.8 Å². The summed E-state index contributed by atoms with van der Waals surface area (Å²) in [5.74, 6) is 0.937. The van der Waals surface area contributed by atoms with E-state index in [1.165, 1.54) is 12.1 Å². The van der Waals surface area contributed by atoms with Crippen molar-refractivity contribution in [3.05, 3.63) is 48.2 Å². The number of pyridine rings is 1. The van der Waals surface area contributed by atoms with Gasteiger partial charge in [-0.1, -0.05) is 25.1 Å². The van der Waals surface area contributed by atoms with Gasteiger partial charge in [0.2, 0.25) is 0 Å². The largest absolute Gasteiger partial charge is 0.416 e. The van der Waals surface area contributed by atoms with Gasteiger partial charge in [-0.3, -0.25) is 0 Å². The van der Waals surface area contributed by atoms with Gasteiger partial charge in [-0.05, 0) is 29.5 Å². The van der Waals surface area contributed by atoms with E-state index in [0.29, 0.717) is 0 Å². The van der Waals surface area contributed by atoms with E-state index in [9.17, 15) is 13.2 Å². The number of halogens is 3. The zero-order valence-electron chi connectivity index (χ0n) is 10.2. The third-order valence-corrected chi connectivity index (χ3v) is 3.40. The molecule has 0 aliphatic carbocycles. The second-order valence-electron chi connectivity index (χ2n) is 3.89. The lowest BCUT2D eigenvalue weighted by molar-refractivity contribution is -0.137. The van der Waals surface area contributed by atoms with Crippen molar-refractivity contribution in [2.24, 2.45) is 0 Å². The van der Waals surface area contributed by atoms with E-state index in [4.69, 9.17) is 0 Å². The fourth-order valence-corrected chi connectivity index (χ4v) is 2.22. The fourth-order valence-electron chi connectivity index (χ4n) is 1.64. The Morgan fingerprint density at radius 2 is 1.63 bits per heavy atom. The third kappa shape index (κ3) is 3.50. The van der Waals surface area contributed by atoms with Crippen molar-refractivity contribution in [1.29, 1.82) is 0 Å². The van der Waals surface area contributed by atoms with Gasteiger partial charge in [0.1, 0.15) is 0 Å². The summed E-state index contributed by atoms with van der Waals surface area (Å²) in [5, 5.41) is 0.915. The van der Waals surface area contributed by atoms with Gasteiger partial charge < -0.3 is 0 Å². The van der Waals surface area contributed by atoms with Crippen molar-refractivity contribution in [3.63, 3.8) is 0 Å². The molecule has 0 saturated heterocycles. The summed E-state index contributed by atoms with van der Waals surface area (Å²) < 4.78 is 37.3. The molecule has 0 N–H and O–H groups in total. The van der Waals surface area contributed by atoms with E-state index >= 15 is 0 Å². The summed E-state index contributed by atoms with van der Waals surface area (Å²) in [6.45, 7) is 2.04. The maximum atomic E-state index is 12.4. The first-order valence-electron chi connectivity index (χ1n) is 5.77.